The van der Waals surface area contributed by atoms with Gasteiger partial charge >= 0.3 is 6.03 Å². The Morgan fingerprint density at radius 2 is 2.00 bits per heavy atom. The number of hydrogen-bond acceptors (Lipinski definition) is 6. The molecule has 2 fully saturated rings. The van der Waals surface area contributed by atoms with Crippen molar-refractivity contribution in [2.45, 2.75) is 76.6 Å². The van der Waals surface area contributed by atoms with E-state index in [9.17, 15) is 9.90 Å². The molecule has 0 aromatic carbocycles. The molecule has 1 aliphatic heterocycles. The number of carbonyl (C=O) groups excluding carboxylic acids is 1. The molecule has 6 unspecified atom stereocenters. The number of amides is 2. The Balaban J connectivity index is 1.74. The van der Waals surface area contributed by atoms with E-state index < -0.39 is 6.10 Å². The molecule has 1 saturated carbocycles. The standard InChI is InChI=1S/C16H33N5O3/c1-10-4-3-5-12(6-10)19-16(24)21-15-18-11(2)7-14(20-15)17-8-13(23)9-22/h10-15,17-18,20,22-23H,3-9H2,1-2H3,(H2,19,21,24). The summed E-state index contributed by atoms with van der Waals surface area (Å²) in [6.45, 7) is 4.32. The van der Waals surface area contributed by atoms with Crippen LogP contribution in [0, 0.1) is 5.92 Å². The van der Waals surface area contributed by atoms with E-state index in [-0.39, 0.29) is 37.2 Å². The number of hydrogen-bond donors (Lipinski definition) is 7. The van der Waals surface area contributed by atoms with E-state index in [2.05, 4.69) is 33.5 Å². The maximum Gasteiger partial charge on any atom is 0.317 e. The molecule has 7 N–H and O–H groups in total. The van der Waals surface area contributed by atoms with Crippen LogP contribution in [-0.2, 0) is 0 Å². The van der Waals surface area contributed by atoms with E-state index in [0.29, 0.717) is 12.5 Å². The Morgan fingerprint density at radius 3 is 2.71 bits per heavy atom. The summed E-state index contributed by atoms with van der Waals surface area (Å²) in [5.41, 5.74) is 0. The SMILES string of the molecule is CC1CCCC(NC(=O)NC2NC(C)CC(NCC(O)CO)N2)C1. The summed E-state index contributed by atoms with van der Waals surface area (Å²) in [7, 11) is 0. The highest BCUT2D eigenvalue weighted by atomic mass is 16.3. The van der Waals surface area contributed by atoms with Crippen LogP contribution in [0.1, 0.15) is 46.0 Å². The van der Waals surface area contributed by atoms with Gasteiger partial charge in [-0.2, -0.15) is 0 Å². The van der Waals surface area contributed by atoms with Crippen LogP contribution in [0.3, 0.4) is 0 Å². The van der Waals surface area contributed by atoms with Gasteiger partial charge in [0, 0.05) is 18.6 Å². The minimum atomic E-state index is -0.778. The van der Waals surface area contributed by atoms with Gasteiger partial charge in [-0.15, -0.1) is 0 Å². The zero-order valence-electron chi connectivity index (χ0n) is 14.7. The highest BCUT2D eigenvalue weighted by molar-refractivity contribution is 5.74. The highest BCUT2D eigenvalue weighted by Crippen LogP contribution is 2.23. The number of urea groups is 1. The Morgan fingerprint density at radius 1 is 1.21 bits per heavy atom. The van der Waals surface area contributed by atoms with Gasteiger partial charge in [-0.1, -0.05) is 19.8 Å². The third-order valence-electron chi connectivity index (χ3n) is 4.77. The number of aliphatic hydroxyl groups excluding tert-OH is 2. The average molecular weight is 343 g/mol. The monoisotopic (exact) mass is 343 g/mol. The Labute approximate surface area is 144 Å². The molecule has 8 heteroatoms. The van der Waals surface area contributed by atoms with Crippen molar-refractivity contribution in [3.05, 3.63) is 0 Å². The second-order valence-corrected chi connectivity index (χ2v) is 7.29. The summed E-state index contributed by atoms with van der Waals surface area (Å²) < 4.78 is 0. The van der Waals surface area contributed by atoms with Crippen LogP contribution >= 0.6 is 0 Å². The van der Waals surface area contributed by atoms with Crippen molar-refractivity contribution in [2.24, 2.45) is 5.92 Å². The molecule has 1 heterocycles. The highest BCUT2D eigenvalue weighted by Gasteiger charge is 2.27. The lowest BCUT2D eigenvalue weighted by atomic mass is 9.87. The molecule has 6 atom stereocenters. The number of rotatable bonds is 6. The van der Waals surface area contributed by atoms with Gasteiger partial charge in [0.1, 0.15) is 6.29 Å². The molecule has 1 aliphatic carbocycles. The van der Waals surface area contributed by atoms with Crippen LogP contribution in [0.4, 0.5) is 4.79 Å². The van der Waals surface area contributed by atoms with E-state index in [0.717, 1.165) is 19.3 Å². The van der Waals surface area contributed by atoms with Crippen LogP contribution in [-0.4, -0.2) is 60.0 Å². The molecule has 0 aromatic rings. The first-order chi connectivity index (χ1) is 11.5. The van der Waals surface area contributed by atoms with E-state index in [1.807, 2.05) is 6.92 Å². The third-order valence-corrected chi connectivity index (χ3v) is 4.77. The zero-order valence-corrected chi connectivity index (χ0v) is 14.7. The molecule has 140 valence electrons. The topological polar surface area (TPSA) is 118 Å². The second kappa shape index (κ2) is 9.53. The molecule has 2 amide bonds. The minimum absolute atomic E-state index is 0.0394. The summed E-state index contributed by atoms with van der Waals surface area (Å²) in [5.74, 6) is 0.668. The summed E-state index contributed by atoms with van der Waals surface area (Å²) in [4.78, 5) is 12.2. The van der Waals surface area contributed by atoms with Gasteiger partial charge in [0.05, 0.1) is 18.9 Å². The maximum atomic E-state index is 12.2. The van der Waals surface area contributed by atoms with Crippen molar-refractivity contribution in [1.29, 1.82) is 0 Å². The lowest BCUT2D eigenvalue weighted by Gasteiger charge is -2.37. The van der Waals surface area contributed by atoms with E-state index in [4.69, 9.17) is 5.11 Å². The predicted octanol–water partition coefficient (Wildman–Crippen LogP) is -0.612. The third kappa shape index (κ3) is 6.52. The molecular formula is C16H33N5O3. The molecule has 1 saturated heterocycles. The molecule has 2 aliphatic rings. The lowest BCUT2D eigenvalue weighted by molar-refractivity contribution is 0.0851. The number of carbonyl (C=O) groups is 1. The van der Waals surface area contributed by atoms with Crippen molar-refractivity contribution < 1.29 is 15.0 Å². The predicted molar refractivity (Wildman–Crippen MR) is 92.1 cm³/mol. The summed E-state index contributed by atoms with van der Waals surface area (Å²) in [6, 6.07) is 0.306. The summed E-state index contributed by atoms with van der Waals surface area (Å²) in [5, 5.41) is 34.0. The van der Waals surface area contributed by atoms with Crippen LogP contribution < -0.4 is 26.6 Å². The summed E-state index contributed by atoms with van der Waals surface area (Å²) in [6.07, 6.45) is 4.17. The average Bonchev–Trinajstić information content (AvgIpc) is 2.52. The van der Waals surface area contributed by atoms with Crippen LogP contribution in [0.5, 0.6) is 0 Å². The molecule has 0 spiro atoms. The summed E-state index contributed by atoms with van der Waals surface area (Å²) >= 11 is 0. The number of aliphatic hydroxyl groups is 2. The Bertz CT molecular complexity index is 398. The van der Waals surface area contributed by atoms with E-state index >= 15 is 0 Å². The molecule has 0 radical (unpaired) electrons. The Kier molecular flexibility index (Phi) is 7.70. The number of nitrogens with one attached hydrogen (secondary N) is 5. The minimum Gasteiger partial charge on any atom is -0.394 e. The van der Waals surface area contributed by atoms with Gasteiger partial charge in [-0.3, -0.25) is 16.0 Å². The molecule has 8 nitrogen and oxygen atoms in total. The van der Waals surface area contributed by atoms with Crippen molar-refractivity contribution >= 4 is 6.03 Å². The largest absolute Gasteiger partial charge is 0.394 e. The molecule has 0 aromatic heterocycles. The van der Waals surface area contributed by atoms with Crippen molar-refractivity contribution in [2.75, 3.05) is 13.2 Å². The first kappa shape index (κ1) is 19.4. The zero-order chi connectivity index (χ0) is 17.5. The van der Waals surface area contributed by atoms with Gasteiger partial charge in [-0.05, 0) is 32.1 Å². The van der Waals surface area contributed by atoms with Crippen molar-refractivity contribution in [3.8, 4) is 0 Å². The van der Waals surface area contributed by atoms with Crippen LogP contribution in [0.15, 0.2) is 0 Å². The van der Waals surface area contributed by atoms with Gasteiger partial charge < -0.3 is 20.8 Å². The van der Waals surface area contributed by atoms with Gasteiger partial charge in [0.15, 0.2) is 0 Å². The van der Waals surface area contributed by atoms with Crippen LogP contribution in [0.2, 0.25) is 0 Å². The van der Waals surface area contributed by atoms with Gasteiger partial charge in [-0.25, -0.2) is 4.79 Å². The first-order valence-electron chi connectivity index (χ1n) is 9.07. The fourth-order valence-corrected chi connectivity index (χ4v) is 3.52. The quantitative estimate of drug-likeness (QED) is 0.346. The van der Waals surface area contributed by atoms with Crippen LogP contribution in [0.25, 0.3) is 0 Å². The van der Waals surface area contributed by atoms with Crippen molar-refractivity contribution in [1.82, 2.24) is 26.6 Å². The van der Waals surface area contributed by atoms with Gasteiger partial charge in [0.2, 0.25) is 0 Å². The van der Waals surface area contributed by atoms with Crippen molar-refractivity contribution in [3.63, 3.8) is 0 Å². The molecular weight excluding hydrogens is 310 g/mol. The van der Waals surface area contributed by atoms with Gasteiger partial charge in [0.25, 0.3) is 0 Å². The second-order valence-electron chi connectivity index (χ2n) is 7.29. The first-order valence-corrected chi connectivity index (χ1v) is 9.07. The fraction of sp³-hybridized carbons (Fsp3) is 0.938. The fourth-order valence-electron chi connectivity index (χ4n) is 3.52. The van der Waals surface area contributed by atoms with E-state index in [1.165, 1.54) is 12.8 Å². The molecule has 0 bridgehead atoms. The maximum absolute atomic E-state index is 12.2. The molecule has 24 heavy (non-hydrogen) atoms. The smallest absolute Gasteiger partial charge is 0.317 e. The van der Waals surface area contributed by atoms with E-state index in [1.54, 1.807) is 0 Å². The lowest BCUT2D eigenvalue weighted by Crippen LogP contribution is -2.68. The molecule has 2 rings (SSSR count). The normalized spacial score (nSPS) is 35.2. The Hall–Kier alpha value is -0.930.